The van der Waals surface area contributed by atoms with Crippen molar-refractivity contribution in [1.82, 2.24) is 0 Å². The van der Waals surface area contributed by atoms with E-state index >= 15 is 0 Å². The SMILES string of the molecule is C[C@@H](CCCC(C)(C)O)C1CCC2/C(=C/C=C3C[C@@H](O)C[C@H](O)C3)CCC[C@@]21C. The predicted octanol–water partition coefficient (Wildman–Crippen LogP) is 5.54. The lowest BCUT2D eigenvalue weighted by atomic mass is 9.60. The second-order valence-electron chi connectivity index (χ2n) is 11.3. The second kappa shape index (κ2) is 9.24. The molecule has 0 amide bonds. The van der Waals surface area contributed by atoms with E-state index in [0.717, 1.165) is 18.8 Å². The first-order chi connectivity index (χ1) is 13.6. The highest BCUT2D eigenvalue weighted by Gasteiger charge is 2.50. The third-order valence-corrected chi connectivity index (χ3v) is 8.25. The molecule has 3 aliphatic carbocycles. The molecule has 0 spiro atoms. The Hall–Kier alpha value is -0.640. The number of hydrogen-bond acceptors (Lipinski definition) is 3. The Kier molecular flexibility index (Phi) is 7.34. The smallest absolute Gasteiger partial charge is 0.0602 e. The van der Waals surface area contributed by atoms with Crippen LogP contribution < -0.4 is 0 Å². The Morgan fingerprint density at radius 1 is 1.14 bits per heavy atom. The minimum atomic E-state index is -0.545. The van der Waals surface area contributed by atoms with Crippen LogP contribution in [0.25, 0.3) is 0 Å². The van der Waals surface area contributed by atoms with Crippen LogP contribution in [0.4, 0.5) is 0 Å². The molecule has 0 saturated heterocycles. The van der Waals surface area contributed by atoms with E-state index in [2.05, 4.69) is 26.0 Å². The van der Waals surface area contributed by atoms with Gasteiger partial charge in [-0.05, 0) is 94.8 Å². The fraction of sp³-hybridized carbons (Fsp3) is 0.846. The number of aliphatic hydroxyl groups is 3. The van der Waals surface area contributed by atoms with Crippen molar-refractivity contribution in [2.45, 2.75) is 116 Å². The summed E-state index contributed by atoms with van der Waals surface area (Å²) in [6, 6.07) is 0. The standard InChI is InChI=1S/C26H44O3/c1-18(7-5-13-25(2,3)29)23-11-12-24-20(8-6-14-26(23,24)4)10-9-19-15-21(27)17-22(28)16-19/h9-10,18,21-24,27-29H,5-8,11-17H2,1-4H3/b20-10+/t18-,21+,22+,23?,24?,26+/m0/s1. The van der Waals surface area contributed by atoms with Crippen LogP contribution in [0.15, 0.2) is 23.3 Å². The highest BCUT2D eigenvalue weighted by Crippen LogP contribution is 2.59. The molecule has 3 nitrogen and oxygen atoms in total. The summed E-state index contributed by atoms with van der Waals surface area (Å²) in [6.07, 6.45) is 15.4. The van der Waals surface area contributed by atoms with Gasteiger partial charge < -0.3 is 15.3 Å². The molecule has 3 aliphatic rings. The van der Waals surface area contributed by atoms with Crippen molar-refractivity contribution in [1.29, 1.82) is 0 Å². The fourth-order valence-corrected chi connectivity index (χ4v) is 6.80. The van der Waals surface area contributed by atoms with Crippen LogP contribution in [0, 0.1) is 23.2 Å². The molecule has 3 saturated carbocycles. The number of hydrogen-bond donors (Lipinski definition) is 3. The van der Waals surface area contributed by atoms with Crippen molar-refractivity contribution in [2.24, 2.45) is 23.2 Å². The lowest BCUT2D eigenvalue weighted by molar-refractivity contribution is 0.0591. The van der Waals surface area contributed by atoms with Gasteiger partial charge in [-0.2, -0.15) is 0 Å². The molecule has 0 heterocycles. The molecule has 0 aliphatic heterocycles. The van der Waals surface area contributed by atoms with Crippen LogP contribution >= 0.6 is 0 Å². The van der Waals surface area contributed by atoms with Gasteiger partial charge in [-0.1, -0.05) is 50.0 Å². The first-order valence-electron chi connectivity index (χ1n) is 12.1. The molecule has 29 heavy (non-hydrogen) atoms. The molecule has 3 rings (SSSR count). The third kappa shape index (κ3) is 5.74. The van der Waals surface area contributed by atoms with Crippen LogP contribution in [0.2, 0.25) is 0 Å². The molecule has 0 aromatic carbocycles. The van der Waals surface area contributed by atoms with Crippen molar-refractivity contribution in [2.75, 3.05) is 0 Å². The molecule has 3 heteroatoms. The van der Waals surface area contributed by atoms with Gasteiger partial charge in [-0.25, -0.2) is 0 Å². The highest BCUT2D eigenvalue weighted by molar-refractivity contribution is 5.26. The molecular weight excluding hydrogens is 360 g/mol. The van der Waals surface area contributed by atoms with Gasteiger partial charge in [0.2, 0.25) is 0 Å². The van der Waals surface area contributed by atoms with Crippen LogP contribution in [-0.2, 0) is 0 Å². The Morgan fingerprint density at radius 2 is 1.83 bits per heavy atom. The Bertz CT molecular complexity index is 602. The molecule has 6 atom stereocenters. The summed E-state index contributed by atoms with van der Waals surface area (Å²) >= 11 is 0. The maximum absolute atomic E-state index is 10.0. The Balaban J connectivity index is 1.66. The van der Waals surface area contributed by atoms with E-state index in [1.807, 2.05) is 13.8 Å². The zero-order chi connectivity index (χ0) is 21.2. The zero-order valence-corrected chi connectivity index (χ0v) is 19.2. The maximum atomic E-state index is 10.0. The Labute approximate surface area is 178 Å². The average Bonchev–Trinajstić information content (AvgIpc) is 2.95. The van der Waals surface area contributed by atoms with Crippen molar-refractivity contribution < 1.29 is 15.3 Å². The topological polar surface area (TPSA) is 60.7 Å². The molecule has 3 N–H and O–H groups in total. The number of rotatable bonds is 6. The normalized spacial score (nSPS) is 38.2. The van der Waals surface area contributed by atoms with Crippen LogP contribution in [0.3, 0.4) is 0 Å². The predicted molar refractivity (Wildman–Crippen MR) is 120 cm³/mol. The number of aliphatic hydroxyl groups excluding tert-OH is 2. The minimum Gasteiger partial charge on any atom is -0.393 e. The second-order valence-corrected chi connectivity index (χ2v) is 11.3. The molecule has 0 aromatic heterocycles. The van der Waals surface area contributed by atoms with Crippen molar-refractivity contribution in [3.8, 4) is 0 Å². The van der Waals surface area contributed by atoms with Crippen LogP contribution in [0.1, 0.15) is 98.3 Å². The Morgan fingerprint density at radius 3 is 2.48 bits per heavy atom. The molecular formula is C26H44O3. The van der Waals surface area contributed by atoms with Crippen molar-refractivity contribution in [3.05, 3.63) is 23.3 Å². The average molecular weight is 405 g/mol. The number of fused-ring (bicyclic) bond motifs is 1. The monoisotopic (exact) mass is 404 g/mol. The molecule has 0 radical (unpaired) electrons. The molecule has 0 bridgehead atoms. The van der Waals surface area contributed by atoms with E-state index < -0.39 is 5.60 Å². The lowest BCUT2D eigenvalue weighted by Crippen LogP contribution is -2.36. The van der Waals surface area contributed by atoms with E-state index in [1.165, 1.54) is 44.1 Å². The van der Waals surface area contributed by atoms with Gasteiger partial charge >= 0.3 is 0 Å². The van der Waals surface area contributed by atoms with Crippen molar-refractivity contribution >= 4 is 0 Å². The van der Waals surface area contributed by atoms with Gasteiger partial charge in [0.05, 0.1) is 17.8 Å². The third-order valence-electron chi connectivity index (χ3n) is 8.25. The first-order valence-corrected chi connectivity index (χ1v) is 12.1. The van der Waals surface area contributed by atoms with E-state index in [4.69, 9.17) is 0 Å². The molecule has 2 unspecified atom stereocenters. The van der Waals surface area contributed by atoms with E-state index in [1.54, 1.807) is 5.57 Å². The summed E-state index contributed by atoms with van der Waals surface area (Å²) < 4.78 is 0. The summed E-state index contributed by atoms with van der Waals surface area (Å²) in [5, 5.41) is 29.9. The molecule has 0 aromatic rings. The van der Waals surface area contributed by atoms with Gasteiger partial charge in [0.1, 0.15) is 0 Å². The van der Waals surface area contributed by atoms with Gasteiger partial charge in [0, 0.05) is 0 Å². The minimum absolute atomic E-state index is 0.388. The number of allylic oxidation sites excluding steroid dienone is 3. The summed E-state index contributed by atoms with van der Waals surface area (Å²) in [4.78, 5) is 0. The quantitative estimate of drug-likeness (QED) is 0.545. The molecule has 3 fully saturated rings. The summed E-state index contributed by atoms with van der Waals surface area (Å²) in [5.41, 5.74) is 2.66. The van der Waals surface area contributed by atoms with Crippen LogP contribution in [0.5, 0.6) is 0 Å². The summed E-state index contributed by atoms with van der Waals surface area (Å²) in [7, 11) is 0. The van der Waals surface area contributed by atoms with Crippen LogP contribution in [-0.4, -0.2) is 33.1 Å². The van der Waals surface area contributed by atoms with E-state index in [9.17, 15) is 15.3 Å². The highest BCUT2D eigenvalue weighted by atomic mass is 16.3. The summed E-state index contributed by atoms with van der Waals surface area (Å²) in [5.74, 6) is 2.19. The molecule has 166 valence electrons. The fourth-order valence-electron chi connectivity index (χ4n) is 6.80. The van der Waals surface area contributed by atoms with E-state index in [-0.39, 0.29) is 12.2 Å². The van der Waals surface area contributed by atoms with Crippen molar-refractivity contribution in [3.63, 3.8) is 0 Å². The first kappa shape index (κ1) is 23.0. The van der Waals surface area contributed by atoms with Gasteiger partial charge in [-0.3, -0.25) is 0 Å². The largest absolute Gasteiger partial charge is 0.393 e. The van der Waals surface area contributed by atoms with Gasteiger partial charge in [0.15, 0.2) is 0 Å². The van der Waals surface area contributed by atoms with Gasteiger partial charge in [0.25, 0.3) is 0 Å². The van der Waals surface area contributed by atoms with E-state index in [0.29, 0.717) is 36.5 Å². The maximum Gasteiger partial charge on any atom is 0.0602 e. The van der Waals surface area contributed by atoms with Gasteiger partial charge in [-0.15, -0.1) is 0 Å². The summed E-state index contributed by atoms with van der Waals surface area (Å²) in [6.45, 7) is 8.81. The lowest BCUT2D eigenvalue weighted by Gasteiger charge is -2.44. The zero-order valence-electron chi connectivity index (χ0n) is 19.2.